The number of carbonyl (C=O) groups excluding carboxylic acids is 2. The Kier molecular flexibility index (Phi) is 9.24. The number of hydrogen-bond acceptors (Lipinski definition) is 11. The van der Waals surface area contributed by atoms with Crippen molar-refractivity contribution in [2.24, 2.45) is 0 Å². The Balaban J connectivity index is 1.78. The van der Waals surface area contributed by atoms with Crippen LogP contribution in [0.4, 0.5) is 8.78 Å². The molecule has 4 aromatic carbocycles. The first-order chi connectivity index (χ1) is 21.5. The topological polar surface area (TPSA) is 261 Å². The Hall–Kier alpha value is -4.48. The van der Waals surface area contributed by atoms with Crippen LogP contribution in [0, 0.1) is 11.6 Å². The molecule has 0 aromatic heterocycles. The highest BCUT2D eigenvalue weighted by Crippen LogP contribution is 2.35. The first-order valence-corrected chi connectivity index (χ1v) is 17.8. The van der Waals surface area contributed by atoms with Gasteiger partial charge < -0.3 is 4.74 Å². The third kappa shape index (κ3) is 7.74. The van der Waals surface area contributed by atoms with Crippen LogP contribution in [0.3, 0.4) is 0 Å². The zero-order valence-electron chi connectivity index (χ0n) is 22.6. The molecule has 0 fully saturated rings. The summed E-state index contributed by atoms with van der Waals surface area (Å²) in [5.74, 6) is -6.77. The lowest BCUT2D eigenvalue weighted by atomic mass is 10.0. The summed E-state index contributed by atoms with van der Waals surface area (Å²) >= 11 is 0. The Labute approximate surface area is 264 Å². The SMILES string of the molecule is O=C(c1ccc(F)c(S(=O)(=O)O)c1)c1ccc(Oc2ccc(C(=O)c3ccc(F)c(S(=O)(=O)O)c3)cc2S(=O)(=O)O)c(S(=O)(=O)O)c1. The van der Waals surface area contributed by atoms with E-state index >= 15 is 0 Å². The lowest BCUT2D eigenvalue weighted by Gasteiger charge is -2.14. The molecule has 0 unspecified atom stereocenters. The van der Waals surface area contributed by atoms with E-state index in [9.17, 15) is 70.3 Å². The van der Waals surface area contributed by atoms with Crippen LogP contribution < -0.4 is 4.74 Å². The predicted octanol–water partition coefficient (Wildman–Crippen LogP) is 3.21. The van der Waals surface area contributed by atoms with Crippen LogP contribution in [0.1, 0.15) is 31.8 Å². The van der Waals surface area contributed by atoms with Gasteiger partial charge in [0.15, 0.2) is 11.6 Å². The number of halogens is 2. The van der Waals surface area contributed by atoms with Crippen LogP contribution in [0.25, 0.3) is 0 Å². The van der Waals surface area contributed by atoms with Gasteiger partial charge in [0.2, 0.25) is 0 Å². The minimum absolute atomic E-state index is 0.460. The summed E-state index contributed by atoms with van der Waals surface area (Å²) < 4.78 is 165. The van der Waals surface area contributed by atoms with Crippen LogP contribution in [0.2, 0.25) is 0 Å². The van der Waals surface area contributed by atoms with Crippen molar-refractivity contribution in [3.63, 3.8) is 0 Å². The Morgan fingerprint density at radius 3 is 0.979 bits per heavy atom. The second-order valence-electron chi connectivity index (χ2n) is 9.27. The molecule has 0 aliphatic heterocycles. The van der Waals surface area contributed by atoms with Gasteiger partial charge in [-0.25, -0.2) is 8.78 Å². The summed E-state index contributed by atoms with van der Waals surface area (Å²) in [7, 11) is -20.8. The molecule has 21 heteroatoms. The van der Waals surface area contributed by atoms with Gasteiger partial charge in [-0.2, -0.15) is 33.7 Å². The van der Waals surface area contributed by atoms with Gasteiger partial charge in [0.1, 0.15) is 42.7 Å². The van der Waals surface area contributed by atoms with Gasteiger partial charge >= 0.3 is 0 Å². The molecule has 0 aliphatic carbocycles. The van der Waals surface area contributed by atoms with Crippen LogP contribution in [0.15, 0.2) is 92.4 Å². The molecule has 0 heterocycles. The van der Waals surface area contributed by atoms with E-state index in [2.05, 4.69) is 0 Å². The number of ether oxygens (including phenoxy) is 1. The van der Waals surface area contributed by atoms with Crippen LogP contribution in [-0.4, -0.2) is 63.4 Å². The van der Waals surface area contributed by atoms with Crippen molar-refractivity contribution in [2.45, 2.75) is 19.6 Å². The van der Waals surface area contributed by atoms with E-state index in [-0.39, 0.29) is 0 Å². The van der Waals surface area contributed by atoms with E-state index in [4.69, 9.17) is 4.74 Å². The number of ketones is 2. The van der Waals surface area contributed by atoms with Gasteiger partial charge in [0, 0.05) is 22.3 Å². The molecule has 0 amide bonds. The molecule has 0 atom stereocenters. The zero-order chi connectivity index (χ0) is 35.3. The van der Waals surface area contributed by atoms with Crippen molar-refractivity contribution in [3.8, 4) is 11.5 Å². The summed E-state index contributed by atoms with van der Waals surface area (Å²) in [4.78, 5) is 21.1. The summed E-state index contributed by atoms with van der Waals surface area (Å²) in [6, 6.07) is 7.87. The second-order valence-corrected chi connectivity index (χ2v) is 14.8. The molecule has 47 heavy (non-hydrogen) atoms. The van der Waals surface area contributed by atoms with E-state index in [1.807, 2.05) is 0 Å². The second kappa shape index (κ2) is 12.3. The van der Waals surface area contributed by atoms with Crippen molar-refractivity contribution >= 4 is 52.0 Å². The number of rotatable bonds is 10. The lowest BCUT2D eigenvalue weighted by Crippen LogP contribution is -2.10. The normalized spacial score (nSPS) is 12.5. The molecule has 15 nitrogen and oxygen atoms in total. The van der Waals surface area contributed by atoms with Crippen molar-refractivity contribution < 1.29 is 75.0 Å². The Morgan fingerprint density at radius 1 is 0.447 bits per heavy atom. The van der Waals surface area contributed by atoms with Gasteiger partial charge in [-0.3, -0.25) is 27.8 Å². The van der Waals surface area contributed by atoms with Crippen molar-refractivity contribution in [2.75, 3.05) is 0 Å². The van der Waals surface area contributed by atoms with E-state index in [0.29, 0.717) is 36.4 Å². The molecule has 0 bridgehead atoms. The van der Waals surface area contributed by atoms with Crippen LogP contribution in [-0.2, 0) is 40.5 Å². The van der Waals surface area contributed by atoms with E-state index in [1.165, 1.54) is 0 Å². The first-order valence-electron chi connectivity index (χ1n) is 12.0. The molecule has 0 radical (unpaired) electrons. The average Bonchev–Trinajstić information content (AvgIpc) is 2.95. The Bertz CT molecular complexity index is 2270. The maximum atomic E-state index is 13.9. The van der Waals surface area contributed by atoms with Crippen molar-refractivity contribution in [3.05, 3.63) is 107 Å². The summed E-state index contributed by atoms with van der Waals surface area (Å²) in [6.07, 6.45) is 0. The standard InChI is InChI=1S/C26H16F2O15S4/c27-17-5-1-13(9-21(17)44(31,32)33)25(29)15-3-7-19(23(11-15)46(37,38)39)43-20-8-4-16(12-24(20)47(40,41)42)26(30)14-2-6-18(28)22(10-14)45(34,35)36/h1-12H,(H,31,32,33)(H,34,35,36)(H,37,38,39)(H,40,41,42). The fourth-order valence-corrected chi connectivity index (χ4v) is 6.47. The number of carbonyl (C=O) groups is 2. The largest absolute Gasteiger partial charge is 0.454 e. The smallest absolute Gasteiger partial charge is 0.298 e. The van der Waals surface area contributed by atoms with E-state index in [1.54, 1.807) is 0 Å². The van der Waals surface area contributed by atoms with E-state index < -0.39 is 117 Å². The van der Waals surface area contributed by atoms with Gasteiger partial charge in [-0.1, -0.05) is 0 Å². The van der Waals surface area contributed by atoms with Crippen LogP contribution >= 0.6 is 0 Å². The van der Waals surface area contributed by atoms with E-state index in [0.717, 1.165) is 36.4 Å². The zero-order valence-corrected chi connectivity index (χ0v) is 25.9. The van der Waals surface area contributed by atoms with Crippen LogP contribution in [0.5, 0.6) is 11.5 Å². The van der Waals surface area contributed by atoms with Gasteiger partial charge in [0.25, 0.3) is 40.5 Å². The molecule has 4 N–H and O–H groups in total. The first kappa shape index (κ1) is 35.4. The summed E-state index contributed by atoms with van der Waals surface area (Å²) in [5, 5.41) is 0. The monoisotopic (exact) mass is 734 g/mol. The summed E-state index contributed by atoms with van der Waals surface area (Å²) in [6.45, 7) is 0. The minimum Gasteiger partial charge on any atom is -0.454 e. The summed E-state index contributed by atoms with van der Waals surface area (Å²) in [5.41, 5.74) is -2.21. The quantitative estimate of drug-likeness (QED) is 0.135. The minimum atomic E-state index is -5.29. The fraction of sp³-hybridized carbons (Fsp3) is 0. The van der Waals surface area contributed by atoms with Gasteiger partial charge in [-0.05, 0) is 72.8 Å². The number of benzene rings is 4. The Morgan fingerprint density at radius 2 is 0.702 bits per heavy atom. The maximum absolute atomic E-state index is 13.9. The highest BCUT2D eigenvalue weighted by Gasteiger charge is 2.27. The molecule has 0 saturated carbocycles. The molecular weight excluding hydrogens is 719 g/mol. The molecule has 4 rings (SSSR count). The highest BCUT2D eigenvalue weighted by molar-refractivity contribution is 7.86. The third-order valence-electron chi connectivity index (χ3n) is 6.13. The third-order valence-corrected chi connectivity index (χ3v) is 9.62. The van der Waals surface area contributed by atoms with Gasteiger partial charge in [0.05, 0.1) is 0 Å². The van der Waals surface area contributed by atoms with Crippen molar-refractivity contribution in [1.82, 2.24) is 0 Å². The molecule has 0 aliphatic rings. The predicted molar refractivity (Wildman–Crippen MR) is 152 cm³/mol. The number of hydrogen-bond donors (Lipinski definition) is 4. The maximum Gasteiger partial charge on any atom is 0.298 e. The molecule has 0 saturated heterocycles. The highest BCUT2D eigenvalue weighted by atomic mass is 32.2. The molecule has 248 valence electrons. The fourth-order valence-electron chi connectivity index (χ4n) is 4.01. The molecular formula is C26H16F2O15S4. The molecule has 4 aromatic rings. The average molecular weight is 735 g/mol. The lowest BCUT2D eigenvalue weighted by molar-refractivity contribution is 0.103. The van der Waals surface area contributed by atoms with Gasteiger partial charge in [-0.15, -0.1) is 0 Å². The molecule has 0 spiro atoms. The van der Waals surface area contributed by atoms with Crippen molar-refractivity contribution in [1.29, 1.82) is 0 Å².